The molecule has 1 aliphatic rings. The van der Waals surface area contributed by atoms with Gasteiger partial charge < -0.3 is 10.0 Å². The average molecular weight is 276 g/mol. The maximum absolute atomic E-state index is 12.4. The van der Waals surface area contributed by atoms with Gasteiger partial charge in [-0.25, -0.2) is 0 Å². The molecule has 0 aromatic carbocycles. The minimum Gasteiger partial charge on any atom is -0.481 e. The van der Waals surface area contributed by atoms with Crippen LogP contribution in [-0.2, 0) is 16.1 Å². The van der Waals surface area contributed by atoms with Gasteiger partial charge in [0.1, 0.15) is 0 Å². The highest BCUT2D eigenvalue weighted by molar-refractivity contribution is 5.85. The molecule has 0 saturated heterocycles. The summed E-state index contributed by atoms with van der Waals surface area (Å²) in [6.45, 7) is 2.42. The van der Waals surface area contributed by atoms with Crippen LogP contribution in [0.4, 0.5) is 0 Å². The van der Waals surface area contributed by atoms with E-state index in [1.807, 2.05) is 25.1 Å². The molecular formula is C15H20N2O3. The first kappa shape index (κ1) is 14.5. The first-order valence-electron chi connectivity index (χ1n) is 6.86. The maximum atomic E-state index is 12.4. The highest BCUT2D eigenvalue weighted by Crippen LogP contribution is 2.37. The number of nitrogens with zero attached hydrogens (tertiary/aromatic N) is 2. The van der Waals surface area contributed by atoms with Crippen molar-refractivity contribution in [2.24, 2.45) is 17.8 Å². The third kappa shape index (κ3) is 3.15. The van der Waals surface area contributed by atoms with Gasteiger partial charge in [0, 0.05) is 13.2 Å². The van der Waals surface area contributed by atoms with Crippen molar-refractivity contribution in [3.05, 3.63) is 30.1 Å². The van der Waals surface area contributed by atoms with Gasteiger partial charge in [-0.05, 0) is 30.9 Å². The molecule has 1 aromatic heterocycles. The van der Waals surface area contributed by atoms with Gasteiger partial charge >= 0.3 is 5.97 Å². The van der Waals surface area contributed by atoms with Crippen molar-refractivity contribution in [1.29, 1.82) is 0 Å². The fourth-order valence-electron chi connectivity index (χ4n) is 2.93. The second-order valence-corrected chi connectivity index (χ2v) is 5.64. The molecule has 0 aliphatic heterocycles. The van der Waals surface area contributed by atoms with Crippen molar-refractivity contribution in [3.8, 4) is 0 Å². The molecule has 5 heteroatoms. The number of hydrogen-bond donors (Lipinski definition) is 1. The van der Waals surface area contributed by atoms with E-state index in [1.165, 1.54) is 0 Å². The van der Waals surface area contributed by atoms with E-state index in [0.717, 1.165) is 5.69 Å². The average Bonchev–Trinajstić information content (AvgIpc) is 2.81. The Morgan fingerprint density at radius 3 is 2.65 bits per heavy atom. The number of aromatic nitrogens is 1. The topological polar surface area (TPSA) is 70.5 Å². The second kappa shape index (κ2) is 6.03. The lowest BCUT2D eigenvalue weighted by molar-refractivity contribution is -0.148. The van der Waals surface area contributed by atoms with Crippen LogP contribution < -0.4 is 0 Å². The number of aliphatic carboxylic acids is 1. The summed E-state index contributed by atoms with van der Waals surface area (Å²) in [6.07, 6.45) is 2.93. The summed E-state index contributed by atoms with van der Waals surface area (Å²) in [6, 6.07) is 5.55. The molecule has 1 aliphatic carbocycles. The van der Waals surface area contributed by atoms with Crippen molar-refractivity contribution in [2.45, 2.75) is 26.3 Å². The van der Waals surface area contributed by atoms with Crippen molar-refractivity contribution >= 4 is 11.9 Å². The molecule has 0 bridgehead atoms. The second-order valence-electron chi connectivity index (χ2n) is 5.64. The van der Waals surface area contributed by atoms with Crippen molar-refractivity contribution < 1.29 is 14.7 Å². The summed E-state index contributed by atoms with van der Waals surface area (Å²) in [5, 5.41) is 9.24. The van der Waals surface area contributed by atoms with E-state index in [1.54, 1.807) is 18.1 Å². The van der Waals surface area contributed by atoms with Gasteiger partial charge in [0.2, 0.25) is 5.91 Å². The summed E-state index contributed by atoms with van der Waals surface area (Å²) < 4.78 is 0. The maximum Gasteiger partial charge on any atom is 0.307 e. The molecule has 1 amide bonds. The molecule has 1 unspecified atom stereocenters. The third-order valence-corrected chi connectivity index (χ3v) is 3.93. The Morgan fingerprint density at radius 2 is 2.05 bits per heavy atom. The van der Waals surface area contributed by atoms with Crippen LogP contribution in [0.2, 0.25) is 0 Å². The summed E-state index contributed by atoms with van der Waals surface area (Å²) in [5.41, 5.74) is 0.807. The van der Waals surface area contributed by atoms with Crippen molar-refractivity contribution in [3.63, 3.8) is 0 Å². The van der Waals surface area contributed by atoms with E-state index in [0.29, 0.717) is 19.4 Å². The SMILES string of the molecule is CC1C[C@H](C(=O)N(C)Cc2ccccn2)[C@H](C(=O)O)C1. The number of hydrogen-bond acceptors (Lipinski definition) is 3. The Kier molecular flexibility index (Phi) is 4.37. The molecule has 1 fully saturated rings. The highest BCUT2D eigenvalue weighted by Gasteiger charge is 2.42. The minimum atomic E-state index is -0.862. The Labute approximate surface area is 118 Å². The molecule has 1 aromatic rings. The van der Waals surface area contributed by atoms with Crippen LogP contribution in [0.3, 0.4) is 0 Å². The lowest BCUT2D eigenvalue weighted by Gasteiger charge is -2.23. The number of carboxylic acid groups (broad SMARTS) is 1. The molecule has 1 heterocycles. The van der Waals surface area contributed by atoms with E-state index in [-0.39, 0.29) is 11.8 Å². The van der Waals surface area contributed by atoms with Crippen LogP contribution in [0.15, 0.2) is 24.4 Å². The van der Waals surface area contributed by atoms with Crippen molar-refractivity contribution in [1.82, 2.24) is 9.88 Å². The zero-order chi connectivity index (χ0) is 14.7. The molecule has 20 heavy (non-hydrogen) atoms. The monoisotopic (exact) mass is 276 g/mol. The van der Waals surface area contributed by atoms with E-state index in [4.69, 9.17) is 0 Å². The number of carbonyl (C=O) groups is 2. The molecule has 108 valence electrons. The first-order valence-corrected chi connectivity index (χ1v) is 6.86. The van der Waals surface area contributed by atoms with Crippen LogP contribution in [0.5, 0.6) is 0 Å². The fourth-order valence-corrected chi connectivity index (χ4v) is 2.93. The number of amides is 1. The molecule has 3 atom stereocenters. The Hall–Kier alpha value is -1.91. The van der Waals surface area contributed by atoms with E-state index < -0.39 is 17.8 Å². The van der Waals surface area contributed by atoms with Crippen LogP contribution in [0, 0.1) is 17.8 Å². The van der Waals surface area contributed by atoms with Gasteiger partial charge in [-0.2, -0.15) is 0 Å². The van der Waals surface area contributed by atoms with E-state index >= 15 is 0 Å². The predicted molar refractivity (Wildman–Crippen MR) is 73.7 cm³/mol. The molecular weight excluding hydrogens is 256 g/mol. The van der Waals surface area contributed by atoms with Gasteiger partial charge in [-0.3, -0.25) is 14.6 Å². The first-order chi connectivity index (χ1) is 9.49. The van der Waals surface area contributed by atoms with Crippen LogP contribution in [0.1, 0.15) is 25.5 Å². The number of carbonyl (C=O) groups excluding carboxylic acids is 1. The standard InChI is InChI=1S/C15H20N2O3/c1-10-7-12(13(8-10)15(19)20)14(18)17(2)9-11-5-3-4-6-16-11/h3-6,10,12-13H,7-9H2,1-2H3,(H,19,20)/t10?,12-,13+/m0/s1. The zero-order valence-corrected chi connectivity index (χ0v) is 11.8. The molecule has 0 radical (unpaired) electrons. The van der Waals surface area contributed by atoms with Gasteiger partial charge in [-0.15, -0.1) is 0 Å². The van der Waals surface area contributed by atoms with Gasteiger partial charge in [-0.1, -0.05) is 13.0 Å². The van der Waals surface area contributed by atoms with Crippen LogP contribution >= 0.6 is 0 Å². The fraction of sp³-hybridized carbons (Fsp3) is 0.533. The van der Waals surface area contributed by atoms with Gasteiger partial charge in [0.05, 0.1) is 24.1 Å². The lowest BCUT2D eigenvalue weighted by atomic mass is 9.95. The van der Waals surface area contributed by atoms with Gasteiger partial charge in [0.15, 0.2) is 0 Å². The Morgan fingerprint density at radius 1 is 1.35 bits per heavy atom. The Bertz CT molecular complexity index is 489. The molecule has 1 saturated carbocycles. The highest BCUT2D eigenvalue weighted by atomic mass is 16.4. The van der Waals surface area contributed by atoms with Gasteiger partial charge in [0.25, 0.3) is 0 Å². The third-order valence-electron chi connectivity index (χ3n) is 3.93. The Balaban J connectivity index is 2.04. The van der Waals surface area contributed by atoms with Crippen molar-refractivity contribution in [2.75, 3.05) is 7.05 Å². The zero-order valence-electron chi connectivity index (χ0n) is 11.8. The predicted octanol–water partition coefficient (Wildman–Crippen LogP) is 1.79. The van der Waals surface area contributed by atoms with Crippen LogP contribution in [-0.4, -0.2) is 33.9 Å². The summed E-state index contributed by atoms with van der Waals surface area (Å²) in [7, 11) is 1.71. The van der Waals surface area contributed by atoms with Crippen LogP contribution in [0.25, 0.3) is 0 Å². The largest absolute Gasteiger partial charge is 0.481 e. The molecule has 5 nitrogen and oxygen atoms in total. The smallest absolute Gasteiger partial charge is 0.307 e. The lowest BCUT2D eigenvalue weighted by Crippen LogP contribution is -2.36. The quantitative estimate of drug-likeness (QED) is 0.910. The van der Waals surface area contributed by atoms with E-state index in [2.05, 4.69) is 4.98 Å². The molecule has 1 N–H and O–H groups in total. The molecule has 2 rings (SSSR count). The summed E-state index contributed by atoms with van der Waals surface area (Å²) in [5.74, 6) is -1.63. The normalized spacial score (nSPS) is 25.4. The number of pyridine rings is 1. The summed E-state index contributed by atoms with van der Waals surface area (Å²) >= 11 is 0. The number of carboxylic acids is 1. The van der Waals surface area contributed by atoms with E-state index in [9.17, 15) is 14.7 Å². The molecule has 0 spiro atoms. The minimum absolute atomic E-state index is 0.0904. The number of rotatable bonds is 4. The summed E-state index contributed by atoms with van der Waals surface area (Å²) in [4.78, 5) is 29.5.